The fourth-order valence-electron chi connectivity index (χ4n) is 2.02. The van der Waals surface area contributed by atoms with Crippen LogP contribution in [0, 0.1) is 6.92 Å². The highest BCUT2D eigenvalue weighted by Crippen LogP contribution is 2.31. The van der Waals surface area contributed by atoms with Gasteiger partial charge in [-0.2, -0.15) is 0 Å². The maximum absolute atomic E-state index is 12.7. The van der Waals surface area contributed by atoms with Crippen molar-refractivity contribution < 1.29 is 8.42 Å². The number of hydrogen-bond donors (Lipinski definition) is 1. The second-order valence-electron chi connectivity index (χ2n) is 4.62. The Labute approximate surface area is 114 Å². The smallest absolute Gasteiger partial charge is 0.185 e. The van der Waals surface area contributed by atoms with E-state index in [0.717, 1.165) is 11.1 Å². The molecule has 2 aromatic rings. The van der Waals surface area contributed by atoms with Crippen LogP contribution in [0.3, 0.4) is 0 Å². The van der Waals surface area contributed by atoms with Gasteiger partial charge in [0.15, 0.2) is 9.84 Å². The molecule has 0 radical (unpaired) electrons. The number of hydrogen-bond acceptors (Lipinski definition) is 3. The SMILES string of the molecule is Cc1ccc(N)cc1S(=O)(=O)C(C)c1ccccc1. The lowest BCUT2D eigenvalue weighted by atomic mass is 10.2. The van der Waals surface area contributed by atoms with Crippen molar-refractivity contribution in [3.05, 3.63) is 59.7 Å². The maximum Gasteiger partial charge on any atom is 0.185 e. The highest BCUT2D eigenvalue weighted by Gasteiger charge is 2.26. The molecule has 0 heterocycles. The summed E-state index contributed by atoms with van der Waals surface area (Å²) in [4.78, 5) is 0.309. The summed E-state index contributed by atoms with van der Waals surface area (Å²) < 4.78 is 25.3. The predicted octanol–water partition coefficient (Wildman–Crippen LogP) is 3.11. The summed E-state index contributed by atoms with van der Waals surface area (Å²) in [6, 6.07) is 14.2. The lowest BCUT2D eigenvalue weighted by Crippen LogP contribution is -2.12. The first-order chi connectivity index (χ1) is 8.93. The zero-order chi connectivity index (χ0) is 14.0. The Morgan fingerprint density at radius 2 is 1.68 bits per heavy atom. The number of aryl methyl sites for hydroxylation is 1. The van der Waals surface area contributed by atoms with Crippen LogP contribution < -0.4 is 5.73 Å². The van der Waals surface area contributed by atoms with Gasteiger partial charge in [-0.05, 0) is 37.1 Å². The molecule has 3 nitrogen and oxygen atoms in total. The first-order valence-electron chi connectivity index (χ1n) is 6.08. The molecule has 0 amide bonds. The van der Waals surface area contributed by atoms with E-state index in [2.05, 4.69) is 0 Å². The zero-order valence-electron chi connectivity index (χ0n) is 11.0. The summed E-state index contributed by atoms with van der Waals surface area (Å²) in [7, 11) is -3.43. The summed E-state index contributed by atoms with van der Waals surface area (Å²) in [6.45, 7) is 3.48. The van der Waals surface area contributed by atoms with Gasteiger partial charge in [-0.15, -0.1) is 0 Å². The molecule has 19 heavy (non-hydrogen) atoms. The Kier molecular flexibility index (Phi) is 3.62. The van der Waals surface area contributed by atoms with E-state index >= 15 is 0 Å². The molecule has 4 heteroatoms. The molecule has 0 spiro atoms. The molecule has 0 saturated carbocycles. The van der Waals surface area contributed by atoms with E-state index in [1.807, 2.05) is 30.3 Å². The number of sulfone groups is 1. The van der Waals surface area contributed by atoms with Crippen LogP contribution in [0.2, 0.25) is 0 Å². The van der Waals surface area contributed by atoms with Crippen molar-refractivity contribution in [3.8, 4) is 0 Å². The van der Waals surface area contributed by atoms with E-state index in [9.17, 15) is 8.42 Å². The van der Waals surface area contributed by atoms with Gasteiger partial charge in [-0.3, -0.25) is 0 Å². The standard InChI is InChI=1S/C15H17NO2S/c1-11-8-9-14(16)10-15(11)19(17,18)12(2)13-6-4-3-5-7-13/h3-10,12H,16H2,1-2H3. The van der Waals surface area contributed by atoms with Crippen molar-refractivity contribution in [2.24, 2.45) is 0 Å². The Morgan fingerprint density at radius 1 is 1.05 bits per heavy atom. The van der Waals surface area contributed by atoms with Gasteiger partial charge < -0.3 is 5.73 Å². The fraction of sp³-hybridized carbons (Fsp3) is 0.200. The highest BCUT2D eigenvalue weighted by molar-refractivity contribution is 7.91. The first kappa shape index (κ1) is 13.6. The van der Waals surface area contributed by atoms with E-state index < -0.39 is 15.1 Å². The van der Waals surface area contributed by atoms with Gasteiger partial charge in [0.05, 0.1) is 10.1 Å². The zero-order valence-corrected chi connectivity index (χ0v) is 11.8. The van der Waals surface area contributed by atoms with Gasteiger partial charge in [0.25, 0.3) is 0 Å². The fourth-order valence-corrected chi connectivity index (χ4v) is 3.73. The maximum atomic E-state index is 12.7. The lowest BCUT2D eigenvalue weighted by molar-refractivity contribution is 0.585. The summed E-state index contributed by atoms with van der Waals surface area (Å²) in [5.41, 5.74) is 7.66. The van der Waals surface area contributed by atoms with Crippen molar-refractivity contribution in [2.75, 3.05) is 5.73 Å². The molecule has 0 saturated heterocycles. The summed E-state index contributed by atoms with van der Waals surface area (Å²) in [6.07, 6.45) is 0. The van der Waals surface area contributed by atoms with E-state index in [0.29, 0.717) is 10.6 Å². The Hall–Kier alpha value is -1.81. The topological polar surface area (TPSA) is 60.2 Å². The Bertz CT molecular complexity index is 679. The minimum Gasteiger partial charge on any atom is -0.399 e. The van der Waals surface area contributed by atoms with E-state index in [1.165, 1.54) is 6.07 Å². The van der Waals surface area contributed by atoms with Gasteiger partial charge in [0.1, 0.15) is 0 Å². The average Bonchev–Trinajstić information content (AvgIpc) is 2.41. The van der Waals surface area contributed by atoms with Crippen molar-refractivity contribution in [2.45, 2.75) is 24.0 Å². The quantitative estimate of drug-likeness (QED) is 0.875. The third kappa shape index (κ3) is 2.63. The number of anilines is 1. The van der Waals surface area contributed by atoms with Crippen LogP contribution in [0.1, 0.15) is 23.3 Å². The second kappa shape index (κ2) is 5.05. The molecule has 2 aromatic carbocycles. The number of nitrogen functional groups attached to an aromatic ring is 1. The van der Waals surface area contributed by atoms with Crippen LogP contribution in [0.15, 0.2) is 53.4 Å². The van der Waals surface area contributed by atoms with Gasteiger partial charge in [0, 0.05) is 5.69 Å². The first-order valence-corrected chi connectivity index (χ1v) is 7.62. The minimum absolute atomic E-state index is 0.309. The molecule has 0 bridgehead atoms. The Morgan fingerprint density at radius 3 is 2.32 bits per heavy atom. The van der Waals surface area contributed by atoms with Crippen LogP contribution in [0.25, 0.3) is 0 Å². The Balaban J connectivity index is 2.51. The van der Waals surface area contributed by atoms with E-state index in [-0.39, 0.29) is 0 Å². The summed E-state index contributed by atoms with van der Waals surface area (Å²) >= 11 is 0. The molecule has 1 unspecified atom stereocenters. The van der Waals surface area contributed by atoms with Crippen molar-refractivity contribution in [1.82, 2.24) is 0 Å². The van der Waals surface area contributed by atoms with Crippen LogP contribution in [0.5, 0.6) is 0 Å². The predicted molar refractivity (Wildman–Crippen MR) is 77.6 cm³/mol. The van der Waals surface area contributed by atoms with Crippen molar-refractivity contribution in [1.29, 1.82) is 0 Å². The molecule has 0 aromatic heterocycles. The van der Waals surface area contributed by atoms with Gasteiger partial charge in [0.2, 0.25) is 0 Å². The van der Waals surface area contributed by atoms with Gasteiger partial charge in [-0.25, -0.2) is 8.42 Å². The number of rotatable bonds is 3. The molecule has 0 aliphatic rings. The molecule has 1 atom stereocenters. The third-order valence-electron chi connectivity index (χ3n) is 3.25. The molecular formula is C15H17NO2S. The highest BCUT2D eigenvalue weighted by atomic mass is 32.2. The van der Waals surface area contributed by atoms with Crippen LogP contribution >= 0.6 is 0 Å². The van der Waals surface area contributed by atoms with Crippen LogP contribution in [-0.2, 0) is 9.84 Å². The van der Waals surface area contributed by atoms with Gasteiger partial charge in [-0.1, -0.05) is 36.4 Å². The molecule has 100 valence electrons. The van der Waals surface area contributed by atoms with E-state index in [1.54, 1.807) is 26.0 Å². The summed E-state index contributed by atoms with van der Waals surface area (Å²) in [5.74, 6) is 0. The van der Waals surface area contributed by atoms with Crippen LogP contribution in [0.4, 0.5) is 5.69 Å². The number of benzene rings is 2. The van der Waals surface area contributed by atoms with Crippen molar-refractivity contribution in [3.63, 3.8) is 0 Å². The molecule has 2 N–H and O–H groups in total. The largest absolute Gasteiger partial charge is 0.399 e. The monoisotopic (exact) mass is 275 g/mol. The average molecular weight is 275 g/mol. The van der Waals surface area contributed by atoms with Crippen molar-refractivity contribution >= 4 is 15.5 Å². The molecule has 0 aliphatic carbocycles. The molecule has 2 rings (SSSR count). The minimum atomic E-state index is -3.43. The summed E-state index contributed by atoms with van der Waals surface area (Å²) in [5, 5.41) is -0.589. The normalized spacial score (nSPS) is 13.2. The van der Waals surface area contributed by atoms with Crippen LogP contribution in [-0.4, -0.2) is 8.42 Å². The third-order valence-corrected chi connectivity index (χ3v) is 5.51. The molecule has 0 aliphatic heterocycles. The van der Waals surface area contributed by atoms with Gasteiger partial charge >= 0.3 is 0 Å². The second-order valence-corrected chi connectivity index (χ2v) is 6.86. The lowest BCUT2D eigenvalue weighted by Gasteiger charge is -2.15. The molecular weight excluding hydrogens is 258 g/mol. The number of nitrogens with two attached hydrogens (primary N) is 1. The van der Waals surface area contributed by atoms with E-state index in [4.69, 9.17) is 5.73 Å². The molecule has 0 fully saturated rings.